The van der Waals surface area contributed by atoms with E-state index in [4.69, 9.17) is 9.47 Å². The molecular weight excluding hydrogens is 332 g/mol. The van der Waals surface area contributed by atoms with Crippen LogP contribution in [0.3, 0.4) is 0 Å². The van der Waals surface area contributed by atoms with E-state index in [0.717, 1.165) is 0 Å². The Kier molecular flexibility index (Phi) is 4.21. The number of ether oxygens (including phenoxy) is 2. The van der Waals surface area contributed by atoms with Gasteiger partial charge in [0.05, 0.1) is 25.6 Å². The predicted molar refractivity (Wildman–Crippen MR) is 86.0 cm³/mol. The van der Waals surface area contributed by atoms with Crippen molar-refractivity contribution in [1.82, 2.24) is 4.90 Å². The zero-order valence-corrected chi connectivity index (χ0v) is 14.5. The van der Waals surface area contributed by atoms with Gasteiger partial charge < -0.3 is 9.47 Å². The second-order valence-corrected chi connectivity index (χ2v) is 7.55. The average Bonchev–Trinajstić information content (AvgIpc) is 3.10. The van der Waals surface area contributed by atoms with E-state index >= 15 is 0 Å². The molecule has 1 aromatic carbocycles. The van der Waals surface area contributed by atoms with E-state index in [9.17, 15) is 18.4 Å². The highest BCUT2D eigenvalue weighted by Crippen LogP contribution is 2.48. The summed E-state index contributed by atoms with van der Waals surface area (Å²) in [7, 11) is 0. The van der Waals surface area contributed by atoms with Gasteiger partial charge in [-0.1, -0.05) is 6.07 Å². The van der Waals surface area contributed by atoms with Crippen LogP contribution in [0.15, 0.2) is 18.2 Å². The molecule has 7 heteroatoms. The fourth-order valence-corrected chi connectivity index (χ4v) is 2.67. The van der Waals surface area contributed by atoms with E-state index in [1.165, 1.54) is 4.90 Å². The van der Waals surface area contributed by atoms with Crippen molar-refractivity contribution in [2.75, 3.05) is 13.2 Å². The van der Waals surface area contributed by atoms with Crippen LogP contribution >= 0.6 is 0 Å². The SMILES string of the molecule is CC(C)(C)OC(=O)N1CC(=O)c2cc(OCC3CC3(F)F)ccc2C1. The van der Waals surface area contributed by atoms with Crippen molar-refractivity contribution in [2.24, 2.45) is 5.92 Å². The van der Waals surface area contributed by atoms with Crippen molar-refractivity contribution in [3.05, 3.63) is 29.3 Å². The van der Waals surface area contributed by atoms with Crippen LogP contribution in [0.4, 0.5) is 13.6 Å². The molecule has 0 saturated heterocycles. The summed E-state index contributed by atoms with van der Waals surface area (Å²) in [6, 6.07) is 4.87. The monoisotopic (exact) mass is 353 g/mol. The Morgan fingerprint density at radius 1 is 1.32 bits per heavy atom. The van der Waals surface area contributed by atoms with Crippen LogP contribution in [-0.2, 0) is 11.3 Å². The summed E-state index contributed by atoms with van der Waals surface area (Å²) in [6.07, 6.45) is -0.690. The van der Waals surface area contributed by atoms with Crippen molar-refractivity contribution in [3.63, 3.8) is 0 Å². The maximum atomic E-state index is 12.9. The molecular formula is C18H21F2NO4. The number of hydrogen-bond acceptors (Lipinski definition) is 4. The standard InChI is InChI=1S/C18H21F2NO4/c1-17(2,3)25-16(23)21-8-11-4-5-13(6-14(11)15(22)9-21)24-10-12-7-18(12,19)20/h4-6,12H,7-10H2,1-3H3. The summed E-state index contributed by atoms with van der Waals surface area (Å²) < 4.78 is 36.5. The van der Waals surface area contributed by atoms with Crippen molar-refractivity contribution >= 4 is 11.9 Å². The van der Waals surface area contributed by atoms with Crippen LogP contribution in [0.2, 0.25) is 0 Å². The summed E-state index contributed by atoms with van der Waals surface area (Å²) in [5.41, 5.74) is 0.509. The van der Waals surface area contributed by atoms with E-state index in [1.54, 1.807) is 39.0 Å². The molecule has 1 aromatic rings. The van der Waals surface area contributed by atoms with Crippen LogP contribution in [-0.4, -0.2) is 41.5 Å². The summed E-state index contributed by atoms with van der Waals surface area (Å²) >= 11 is 0. The Bertz CT molecular complexity index is 712. The van der Waals surface area contributed by atoms with Gasteiger partial charge in [-0.15, -0.1) is 0 Å². The maximum Gasteiger partial charge on any atom is 0.411 e. The molecule has 0 bridgehead atoms. The molecule has 1 atom stereocenters. The van der Waals surface area contributed by atoms with E-state index in [1.807, 2.05) is 0 Å². The number of benzene rings is 1. The third kappa shape index (κ3) is 4.08. The number of alkyl halides is 2. The maximum absolute atomic E-state index is 12.9. The molecule has 0 N–H and O–H groups in total. The first-order chi connectivity index (χ1) is 11.5. The minimum absolute atomic E-state index is 0.0655. The Hall–Kier alpha value is -2.18. The first-order valence-corrected chi connectivity index (χ1v) is 8.20. The zero-order valence-electron chi connectivity index (χ0n) is 14.5. The molecule has 25 heavy (non-hydrogen) atoms. The van der Waals surface area contributed by atoms with Gasteiger partial charge in [-0.3, -0.25) is 9.69 Å². The number of ketones is 1. The lowest BCUT2D eigenvalue weighted by molar-refractivity contribution is 0.0220. The molecule has 1 aliphatic carbocycles. The summed E-state index contributed by atoms with van der Waals surface area (Å²) in [6.45, 7) is 5.40. The molecule has 136 valence electrons. The quantitative estimate of drug-likeness (QED) is 0.832. The van der Waals surface area contributed by atoms with Gasteiger partial charge in [-0.25, -0.2) is 13.6 Å². The first-order valence-electron chi connectivity index (χ1n) is 8.20. The van der Waals surface area contributed by atoms with Crippen LogP contribution in [0, 0.1) is 5.92 Å². The second kappa shape index (κ2) is 5.97. The number of carbonyl (C=O) groups excluding carboxylic acids is 2. The van der Waals surface area contributed by atoms with E-state index in [0.29, 0.717) is 16.9 Å². The minimum Gasteiger partial charge on any atom is -0.493 e. The summed E-state index contributed by atoms with van der Waals surface area (Å²) in [5.74, 6) is -3.21. The van der Waals surface area contributed by atoms with Crippen molar-refractivity contribution in [2.45, 2.75) is 45.3 Å². The van der Waals surface area contributed by atoms with Crippen molar-refractivity contribution < 1.29 is 27.8 Å². The van der Waals surface area contributed by atoms with E-state index in [2.05, 4.69) is 0 Å². The van der Waals surface area contributed by atoms with Gasteiger partial charge in [0.15, 0.2) is 5.78 Å². The van der Waals surface area contributed by atoms with Gasteiger partial charge in [0.2, 0.25) is 0 Å². The Labute approximate surface area is 144 Å². The van der Waals surface area contributed by atoms with Gasteiger partial charge >= 0.3 is 6.09 Å². The summed E-state index contributed by atoms with van der Waals surface area (Å²) in [5, 5.41) is 0. The number of carbonyl (C=O) groups is 2. The lowest BCUT2D eigenvalue weighted by atomic mass is 9.98. The largest absolute Gasteiger partial charge is 0.493 e. The first kappa shape index (κ1) is 17.6. The van der Waals surface area contributed by atoms with Crippen molar-refractivity contribution in [1.29, 1.82) is 0 Å². The Morgan fingerprint density at radius 3 is 2.60 bits per heavy atom. The third-order valence-electron chi connectivity index (χ3n) is 4.14. The second-order valence-electron chi connectivity index (χ2n) is 7.55. The number of nitrogens with zero attached hydrogens (tertiary/aromatic N) is 1. The molecule has 2 aliphatic rings. The van der Waals surface area contributed by atoms with Crippen molar-refractivity contribution in [3.8, 4) is 5.75 Å². The Balaban J connectivity index is 1.66. The lowest BCUT2D eigenvalue weighted by Gasteiger charge is -2.30. The highest BCUT2D eigenvalue weighted by atomic mass is 19.3. The summed E-state index contributed by atoms with van der Waals surface area (Å²) in [4.78, 5) is 25.8. The topological polar surface area (TPSA) is 55.8 Å². The molecule has 0 aromatic heterocycles. The van der Waals surface area contributed by atoms with E-state index < -0.39 is 23.5 Å². The van der Waals surface area contributed by atoms with Crippen LogP contribution in [0.1, 0.15) is 43.1 Å². The Morgan fingerprint density at radius 2 is 2.00 bits per heavy atom. The molecule has 1 fully saturated rings. The number of halogens is 2. The van der Waals surface area contributed by atoms with Gasteiger partial charge in [-0.05, 0) is 38.5 Å². The highest BCUT2D eigenvalue weighted by molar-refractivity contribution is 6.01. The fourth-order valence-electron chi connectivity index (χ4n) is 2.67. The van der Waals surface area contributed by atoms with Gasteiger partial charge in [-0.2, -0.15) is 0 Å². The molecule has 1 amide bonds. The molecule has 5 nitrogen and oxygen atoms in total. The van der Waals surface area contributed by atoms with Gasteiger partial charge in [0.1, 0.15) is 11.4 Å². The fraction of sp³-hybridized carbons (Fsp3) is 0.556. The number of hydrogen-bond donors (Lipinski definition) is 0. The zero-order chi connectivity index (χ0) is 18.4. The molecule has 1 unspecified atom stereocenters. The smallest absolute Gasteiger partial charge is 0.411 e. The number of rotatable bonds is 3. The van der Waals surface area contributed by atoms with E-state index in [-0.39, 0.29) is 31.9 Å². The molecule has 1 aliphatic heterocycles. The minimum atomic E-state index is -2.63. The predicted octanol–water partition coefficient (Wildman–Crippen LogP) is 3.65. The molecule has 1 saturated carbocycles. The molecule has 0 spiro atoms. The third-order valence-corrected chi connectivity index (χ3v) is 4.14. The number of Topliss-reactive ketones (excluding diaryl/α,β-unsaturated/α-hetero) is 1. The van der Waals surface area contributed by atoms with Gasteiger partial charge in [0.25, 0.3) is 5.92 Å². The average molecular weight is 353 g/mol. The highest BCUT2D eigenvalue weighted by Gasteiger charge is 2.57. The van der Waals surface area contributed by atoms with Gasteiger partial charge in [0, 0.05) is 12.0 Å². The molecule has 1 heterocycles. The normalized spacial score (nSPS) is 21.6. The van der Waals surface area contributed by atoms with Crippen LogP contribution < -0.4 is 4.74 Å². The number of amides is 1. The molecule has 0 radical (unpaired) electrons. The van der Waals surface area contributed by atoms with Crippen LogP contribution in [0.5, 0.6) is 5.75 Å². The number of fused-ring (bicyclic) bond motifs is 1. The molecule has 3 rings (SSSR count). The lowest BCUT2D eigenvalue weighted by Crippen LogP contribution is -2.42. The van der Waals surface area contributed by atoms with Crippen LogP contribution in [0.25, 0.3) is 0 Å².